The molecule has 0 aromatic heterocycles. The number of hydrogen-bond donors (Lipinski definition) is 2. The van der Waals surface area contributed by atoms with Crippen molar-refractivity contribution in [2.75, 3.05) is 25.5 Å². The maximum absolute atomic E-state index is 12.5. The monoisotopic (exact) mass is 310 g/mol. The topological polar surface area (TPSA) is 50.4 Å². The van der Waals surface area contributed by atoms with Gasteiger partial charge >= 0.3 is 0 Å². The molecule has 4 heteroatoms. The van der Waals surface area contributed by atoms with Gasteiger partial charge in [-0.2, -0.15) is 0 Å². The van der Waals surface area contributed by atoms with Gasteiger partial charge in [0.05, 0.1) is 7.11 Å². The van der Waals surface area contributed by atoms with E-state index >= 15 is 0 Å². The van der Waals surface area contributed by atoms with E-state index in [2.05, 4.69) is 10.6 Å². The number of benzene rings is 2. The second-order valence-electron chi connectivity index (χ2n) is 5.68. The number of para-hydroxylation sites is 1. The molecule has 0 atom stereocenters. The van der Waals surface area contributed by atoms with E-state index in [0.29, 0.717) is 6.54 Å². The zero-order chi connectivity index (χ0) is 16.1. The molecule has 1 aliphatic rings. The Bertz CT molecular complexity index is 698. The molecule has 2 N–H and O–H groups in total. The molecule has 0 saturated carbocycles. The number of rotatable bonds is 5. The highest BCUT2D eigenvalue weighted by Gasteiger charge is 2.17. The van der Waals surface area contributed by atoms with Crippen LogP contribution < -0.4 is 15.4 Å². The molecule has 0 radical (unpaired) electrons. The molecule has 3 rings (SSSR count). The van der Waals surface area contributed by atoms with E-state index in [9.17, 15) is 4.79 Å². The van der Waals surface area contributed by atoms with Gasteiger partial charge < -0.3 is 15.4 Å². The summed E-state index contributed by atoms with van der Waals surface area (Å²) in [4.78, 5) is 12.5. The fourth-order valence-electron chi connectivity index (χ4n) is 3.04. The summed E-state index contributed by atoms with van der Waals surface area (Å²) >= 11 is 0. The molecule has 120 valence electrons. The summed E-state index contributed by atoms with van der Waals surface area (Å²) in [6.07, 6.45) is 2.78. The highest BCUT2D eigenvalue weighted by atomic mass is 16.5. The molecule has 23 heavy (non-hydrogen) atoms. The highest BCUT2D eigenvalue weighted by Crippen LogP contribution is 2.25. The van der Waals surface area contributed by atoms with Crippen molar-refractivity contribution in [2.45, 2.75) is 19.3 Å². The summed E-state index contributed by atoms with van der Waals surface area (Å²) in [5.41, 5.74) is 4.11. The molecule has 0 fully saturated rings. The minimum Gasteiger partial charge on any atom is -0.496 e. The predicted molar refractivity (Wildman–Crippen MR) is 92.3 cm³/mol. The van der Waals surface area contributed by atoms with E-state index < -0.39 is 0 Å². The van der Waals surface area contributed by atoms with Gasteiger partial charge in [-0.15, -0.1) is 0 Å². The largest absolute Gasteiger partial charge is 0.496 e. The van der Waals surface area contributed by atoms with E-state index in [1.54, 1.807) is 7.11 Å². The van der Waals surface area contributed by atoms with Crippen molar-refractivity contribution in [3.05, 3.63) is 59.2 Å². The minimum atomic E-state index is 0.000415. The Morgan fingerprint density at radius 1 is 1.22 bits per heavy atom. The molecule has 4 nitrogen and oxygen atoms in total. The van der Waals surface area contributed by atoms with Crippen LogP contribution in [-0.4, -0.2) is 26.1 Å². The quantitative estimate of drug-likeness (QED) is 0.892. The zero-order valence-corrected chi connectivity index (χ0v) is 13.4. The van der Waals surface area contributed by atoms with Crippen LogP contribution in [0.5, 0.6) is 5.75 Å². The molecule has 1 heterocycles. The molecular weight excluding hydrogens is 288 g/mol. The summed E-state index contributed by atoms with van der Waals surface area (Å²) in [5.74, 6) is 0.864. The molecule has 0 spiro atoms. The smallest absolute Gasteiger partial charge is 0.251 e. The van der Waals surface area contributed by atoms with Crippen LogP contribution in [0.2, 0.25) is 0 Å². The maximum atomic E-state index is 12.5. The Labute approximate surface area is 136 Å². The summed E-state index contributed by atoms with van der Waals surface area (Å²) in [7, 11) is 1.67. The molecule has 2 aromatic rings. The van der Waals surface area contributed by atoms with Crippen molar-refractivity contribution in [2.24, 2.45) is 0 Å². The van der Waals surface area contributed by atoms with Crippen LogP contribution in [0.25, 0.3) is 0 Å². The number of fused-ring (bicyclic) bond motifs is 1. The third-order valence-electron chi connectivity index (χ3n) is 4.21. The van der Waals surface area contributed by atoms with Gasteiger partial charge in [0.25, 0.3) is 5.91 Å². The van der Waals surface area contributed by atoms with Crippen molar-refractivity contribution < 1.29 is 9.53 Å². The standard InChI is InChI=1S/C19H22N2O2/c1-23-18-10-3-2-6-14(18)11-13-21-19(22)16-7-4-9-17-15(16)8-5-12-20-17/h2-4,6-7,9-10,20H,5,8,11-13H2,1H3,(H,21,22). The Morgan fingerprint density at radius 2 is 2.09 bits per heavy atom. The number of methoxy groups -OCH3 is 1. The van der Waals surface area contributed by atoms with Crippen molar-refractivity contribution in [1.29, 1.82) is 0 Å². The molecule has 0 saturated heterocycles. The SMILES string of the molecule is COc1ccccc1CCNC(=O)c1cccc2c1CCCN2. The number of carbonyl (C=O) groups excluding carboxylic acids is 1. The fourth-order valence-corrected chi connectivity index (χ4v) is 3.04. The van der Waals surface area contributed by atoms with E-state index in [1.165, 1.54) is 0 Å². The van der Waals surface area contributed by atoms with Crippen molar-refractivity contribution in [3.63, 3.8) is 0 Å². The lowest BCUT2D eigenvalue weighted by Gasteiger charge is -2.20. The second-order valence-corrected chi connectivity index (χ2v) is 5.68. The van der Waals surface area contributed by atoms with Crippen LogP contribution in [0.3, 0.4) is 0 Å². The average molecular weight is 310 g/mol. The van der Waals surface area contributed by atoms with Crippen LogP contribution in [0.15, 0.2) is 42.5 Å². The van der Waals surface area contributed by atoms with Crippen LogP contribution >= 0.6 is 0 Å². The third-order valence-corrected chi connectivity index (χ3v) is 4.21. The van der Waals surface area contributed by atoms with Gasteiger partial charge in [0.2, 0.25) is 0 Å². The third kappa shape index (κ3) is 3.47. The normalized spacial score (nSPS) is 12.9. The number of hydrogen-bond acceptors (Lipinski definition) is 3. The summed E-state index contributed by atoms with van der Waals surface area (Å²) in [6.45, 7) is 1.57. The van der Waals surface area contributed by atoms with E-state index in [0.717, 1.165) is 53.9 Å². The molecule has 0 unspecified atom stereocenters. The lowest BCUT2D eigenvalue weighted by molar-refractivity contribution is 0.0953. The molecule has 0 bridgehead atoms. The Morgan fingerprint density at radius 3 is 2.96 bits per heavy atom. The van der Waals surface area contributed by atoms with Gasteiger partial charge in [0, 0.05) is 24.3 Å². The lowest BCUT2D eigenvalue weighted by atomic mass is 9.97. The van der Waals surface area contributed by atoms with Crippen molar-refractivity contribution in [1.82, 2.24) is 5.32 Å². The van der Waals surface area contributed by atoms with Crippen LogP contribution in [-0.2, 0) is 12.8 Å². The predicted octanol–water partition coefficient (Wildman–Crippen LogP) is 3.03. The first-order valence-corrected chi connectivity index (χ1v) is 8.05. The van der Waals surface area contributed by atoms with E-state index in [4.69, 9.17) is 4.74 Å². The van der Waals surface area contributed by atoms with E-state index in [1.807, 2.05) is 42.5 Å². The first-order valence-electron chi connectivity index (χ1n) is 8.05. The van der Waals surface area contributed by atoms with Gasteiger partial charge in [-0.1, -0.05) is 24.3 Å². The van der Waals surface area contributed by atoms with Gasteiger partial charge in [0.15, 0.2) is 0 Å². The fraction of sp³-hybridized carbons (Fsp3) is 0.316. The van der Waals surface area contributed by atoms with Gasteiger partial charge in [0.1, 0.15) is 5.75 Å². The molecular formula is C19H22N2O2. The minimum absolute atomic E-state index is 0.000415. The number of carbonyl (C=O) groups is 1. The molecule has 2 aromatic carbocycles. The van der Waals surface area contributed by atoms with Gasteiger partial charge in [-0.3, -0.25) is 4.79 Å². The number of ether oxygens (including phenoxy) is 1. The summed E-state index contributed by atoms with van der Waals surface area (Å²) in [6, 6.07) is 13.8. The average Bonchev–Trinajstić information content (AvgIpc) is 2.61. The Hall–Kier alpha value is -2.49. The summed E-state index contributed by atoms with van der Waals surface area (Å²) in [5, 5.41) is 6.38. The molecule has 1 aliphatic heterocycles. The maximum Gasteiger partial charge on any atom is 0.251 e. The van der Waals surface area contributed by atoms with Crippen LogP contribution in [0.4, 0.5) is 5.69 Å². The van der Waals surface area contributed by atoms with Crippen LogP contribution in [0, 0.1) is 0 Å². The number of nitrogens with one attached hydrogen (secondary N) is 2. The van der Waals surface area contributed by atoms with Crippen LogP contribution in [0.1, 0.15) is 27.9 Å². The lowest BCUT2D eigenvalue weighted by Crippen LogP contribution is -2.28. The second kappa shape index (κ2) is 7.18. The zero-order valence-electron chi connectivity index (χ0n) is 13.4. The highest BCUT2D eigenvalue weighted by molar-refractivity contribution is 5.97. The van der Waals surface area contributed by atoms with E-state index in [-0.39, 0.29) is 5.91 Å². The summed E-state index contributed by atoms with van der Waals surface area (Å²) < 4.78 is 5.34. The first-order chi connectivity index (χ1) is 11.3. The first kappa shape index (κ1) is 15.4. The number of anilines is 1. The van der Waals surface area contributed by atoms with Gasteiger partial charge in [-0.25, -0.2) is 0 Å². The van der Waals surface area contributed by atoms with Crippen molar-refractivity contribution >= 4 is 11.6 Å². The molecule has 1 amide bonds. The Balaban J connectivity index is 1.64. The molecule has 0 aliphatic carbocycles. The van der Waals surface area contributed by atoms with Crippen molar-refractivity contribution in [3.8, 4) is 5.75 Å². The van der Waals surface area contributed by atoms with Gasteiger partial charge in [-0.05, 0) is 48.6 Å². The number of amides is 1. The Kier molecular flexibility index (Phi) is 4.81.